The van der Waals surface area contributed by atoms with Crippen LogP contribution in [0.15, 0.2) is 40.2 Å². The maximum Gasteiger partial charge on any atom is 0.137 e. The molecule has 1 fully saturated rings. The summed E-state index contributed by atoms with van der Waals surface area (Å²) in [7, 11) is 0. The van der Waals surface area contributed by atoms with Gasteiger partial charge in [0.25, 0.3) is 0 Å². The highest BCUT2D eigenvalue weighted by molar-refractivity contribution is 9.10. The second-order valence-corrected chi connectivity index (χ2v) is 6.71. The molecule has 1 saturated heterocycles. The Hall–Kier alpha value is -0.460. The molecular formula is C15H17BrClFN2S. The molecule has 21 heavy (non-hydrogen) atoms. The summed E-state index contributed by atoms with van der Waals surface area (Å²) < 4.78 is 14.4. The first-order chi connectivity index (χ1) is 9.75. The number of nitrogens with one attached hydrogen (secondary N) is 1. The summed E-state index contributed by atoms with van der Waals surface area (Å²) in [6, 6.07) is 9.81. The number of benzene rings is 1. The SMILES string of the molecule is Cl.Fc1cc([C@H](c2cccs2)N2CCNCC2)ccc1Br. The van der Waals surface area contributed by atoms with Gasteiger partial charge in [0.15, 0.2) is 0 Å². The molecule has 3 rings (SSSR count). The van der Waals surface area contributed by atoms with Crippen LogP contribution in [-0.2, 0) is 0 Å². The predicted molar refractivity (Wildman–Crippen MR) is 92.0 cm³/mol. The lowest BCUT2D eigenvalue weighted by atomic mass is 10.0. The Bertz CT molecular complexity index is 573. The monoisotopic (exact) mass is 390 g/mol. The first-order valence-electron chi connectivity index (χ1n) is 6.69. The Morgan fingerprint density at radius 3 is 2.62 bits per heavy atom. The highest BCUT2D eigenvalue weighted by Gasteiger charge is 2.25. The van der Waals surface area contributed by atoms with Gasteiger partial charge in [0.05, 0.1) is 10.5 Å². The fourth-order valence-electron chi connectivity index (χ4n) is 2.62. The number of thiophene rings is 1. The van der Waals surface area contributed by atoms with Gasteiger partial charge in [-0.15, -0.1) is 23.7 Å². The Morgan fingerprint density at radius 1 is 1.24 bits per heavy atom. The van der Waals surface area contributed by atoms with Crippen molar-refractivity contribution in [3.63, 3.8) is 0 Å². The van der Waals surface area contributed by atoms with Gasteiger partial charge >= 0.3 is 0 Å². The smallest absolute Gasteiger partial charge is 0.137 e. The molecular weight excluding hydrogens is 375 g/mol. The van der Waals surface area contributed by atoms with Crippen LogP contribution >= 0.6 is 39.7 Å². The fourth-order valence-corrected chi connectivity index (χ4v) is 3.76. The first-order valence-corrected chi connectivity index (χ1v) is 8.36. The minimum absolute atomic E-state index is 0. The number of hydrogen-bond donors (Lipinski definition) is 1. The van der Waals surface area contributed by atoms with Crippen molar-refractivity contribution in [2.24, 2.45) is 0 Å². The largest absolute Gasteiger partial charge is 0.314 e. The van der Waals surface area contributed by atoms with Gasteiger partial charge in [-0.3, -0.25) is 4.90 Å². The van der Waals surface area contributed by atoms with Gasteiger partial charge in [0.1, 0.15) is 5.82 Å². The van der Waals surface area contributed by atoms with Gasteiger partial charge in [-0.2, -0.15) is 0 Å². The molecule has 0 amide bonds. The van der Waals surface area contributed by atoms with E-state index >= 15 is 0 Å². The van der Waals surface area contributed by atoms with E-state index < -0.39 is 0 Å². The molecule has 2 heterocycles. The zero-order valence-electron chi connectivity index (χ0n) is 11.4. The van der Waals surface area contributed by atoms with Crippen LogP contribution in [0.2, 0.25) is 0 Å². The molecule has 6 heteroatoms. The minimum Gasteiger partial charge on any atom is -0.314 e. The van der Waals surface area contributed by atoms with E-state index in [9.17, 15) is 4.39 Å². The van der Waals surface area contributed by atoms with Crippen molar-refractivity contribution in [2.45, 2.75) is 6.04 Å². The predicted octanol–water partition coefficient (Wildman–Crippen LogP) is 4.07. The summed E-state index contributed by atoms with van der Waals surface area (Å²) in [5.41, 5.74) is 1.02. The van der Waals surface area contributed by atoms with E-state index in [4.69, 9.17) is 0 Å². The van der Waals surface area contributed by atoms with Crippen molar-refractivity contribution in [2.75, 3.05) is 26.2 Å². The Kier molecular flexibility index (Phi) is 6.20. The zero-order valence-corrected chi connectivity index (χ0v) is 14.6. The van der Waals surface area contributed by atoms with E-state index in [1.54, 1.807) is 23.5 Å². The van der Waals surface area contributed by atoms with E-state index in [-0.39, 0.29) is 24.3 Å². The van der Waals surface area contributed by atoms with Crippen LogP contribution in [0.1, 0.15) is 16.5 Å². The van der Waals surface area contributed by atoms with Gasteiger partial charge in [0, 0.05) is 31.1 Å². The van der Waals surface area contributed by atoms with Gasteiger partial charge in [-0.25, -0.2) is 4.39 Å². The highest BCUT2D eigenvalue weighted by Crippen LogP contribution is 2.33. The summed E-state index contributed by atoms with van der Waals surface area (Å²) in [4.78, 5) is 3.69. The number of hydrogen-bond acceptors (Lipinski definition) is 3. The Balaban J connectivity index is 0.00000161. The van der Waals surface area contributed by atoms with Crippen molar-refractivity contribution < 1.29 is 4.39 Å². The normalized spacial score (nSPS) is 17.2. The summed E-state index contributed by atoms with van der Waals surface area (Å²) >= 11 is 4.96. The molecule has 0 bridgehead atoms. The average Bonchev–Trinajstić information content (AvgIpc) is 2.98. The van der Waals surface area contributed by atoms with E-state index in [0.29, 0.717) is 4.47 Å². The minimum atomic E-state index is -0.195. The van der Waals surface area contributed by atoms with E-state index in [0.717, 1.165) is 31.7 Å². The maximum atomic E-state index is 13.9. The van der Waals surface area contributed by atoms with Crippen LogP contribution < -0.4 is 5.32 Å². The van der Waals surface area contributed by atoms with Crippen molar-refractivity contribution >= 4 is 39.7 Å². The van der Waals surface area contributed by atoms with E-state index in [2.05, 4.69) is 43.7 Å². The number of halogens is 3. The molecule has 0 radical (unpaired) electrons. The second kappa shape index (κ2) is 7.70. The van der Waals surface area contributed by atoms with Crippen LogP contribution in [0.3, 0.4) is 0 Å². The summed E-state index contributed by atoms with van der Waals surface area (Å²) in [6.07, 6.45) is 0. The zero-order chi connectivity index (χ0) is 13.9. The summed E-state index contributed by atoms with van der Waals surface area (Å²) in [6.45, 7) is 3.95. The number of piperazine rings is 1. The Morgan fingerprint density at radius 2 is 2.00 bits per heavy atom. The molecule has 1 aromatic heterocycles. The molecule has 2 nitrogen and oxygen atoms in total. The fraction of sp³-hybridized carbons (Fsp3) is 0.333. The third-order valence-corrected chi connectivity index (χ3v) is 5.16. The maximum absolute atomic E-state index is 13.9. The molecule has 0 aliphatic carbocycles. The second-order valence-electron chi connectivity index (χ2n) is 4.88. The van der Waals surface area contributed by atoms with Gasteiger partial charge in [-0.05, 0) is 45.1 Å². The molecule has 1 aliphatic rings. The van der Waals surface area contributed by atoms with Crippen LogP contribution in [0.4, 0.5) is 4.39 Å². The molecule has 0 spiro atoms. The van der Waals surface area contributed by atoms with Crippen molar-refractivity contribution in [3.05, 3.63) is 56.4 Å². The molecule has 1 aliphatic heterocycles. The molecule has 1 aromatic carbocycles. The quantitative estimate of drug-likeness (QED) is 0.848. The lowest BCUT2D eigenvalue weighted by molar-refractivity contribution is 0.200. The standard InChI is InChI=1S/C15H16BrFN2S.ClH/c16-12-4-3-11(10-13(12)17)15(14-2-1-9-20-14)19-7-5-18-6-8-19;/h1-4,9-10,15,18H,5-8H2;1H/t15-;/m1./s1. The molecule has 1 atom stereocenters. The van der Waals surface area contributed by atoms with Gasteiger partial charge < -0.3 is 5.32 Å². The topological polar surface area (TPSA) is 15.3 Å². The van der Waals surface area contributed by atoms with E-state index in [1.807, 2.05) is 6.07 Å². The van der Waals surface area contributed by atoms with Gasteiger partial charge in [0.2, 0.25) is 0 Å². The summed E-state index contributed by atoms with van der Waals surface area (Å²) in [5, 5.41) is 5.45. The average molecular weight is 392 g/mol. The lowest BCUT2D eigenvalue weighted by Gasteiger charge is -2.34. The van der Waals surface area contributed by atoms with Crippen molar-refractivity contribution in [1.29, 1.82) is 0 Å². The lowest BCUT2D eigenvalue weighted by Crippen LogP contribution is -2.45. The molecule has 0 unspecified atom stereocenters. The van der Waals surface area contributed by atoms with Crippen LogP contribution in [0.25, 0.3) is 0 Å². The van der Waals surface area contributed by atoms with Crippen molar-refractivity contribution in [3.8, 4) is 0 Å². The molecule has 1 N–H and O–H groups in total. The third kappa shape index (κ3) is 3.85. The van der Waals surface area contributed by atoms with Gasteiger partial charge in [-0.1, -0.05) is 12.1 Å². The number of rotatable bonds is 3. The third-order valence-electron chi connectivity index (χ3n) is 3.59. The summed E-state index contributed by atoms with van der Waals surface area (Å²) in [5.74, 6) is -0.195. The van der Waals surface area contributed by atoms with E-state index in [1.165, 1.54) is 4.88 Å². The molecule has 114 valence electrons. The van der Waals surface area contributed by atoms with Crippen LogP contribution in [0, 0.1) is 5.82 Å². The van der Waals surface area contributed by atoms with Crippen molar-refractivity contribution in [1.82, 2.24) is 10.2 Å². The van der Waals surface area contributed by atoms with Crippen LogP contribution in [-0.4, -0.2) is 31.1 Å². The van der Waals surface area contributed by atoms with Crippen LogP contribution in [0.5, 0.6) is 0 Å². The highest BCUT2D eigenvalue weighted by atomic mass is 79.9. The first kappa shape index (κ1) is 16.9. The Labute approximate surface area is 142 Å². The molecule has 0 saturated carbocycles. The molecule has 2 aromatic rings. The number of nitrogens with zero attached hydrogens (tertiary/aromatic N) is 1.